The standard InChI is InChI=1S/C7H9F2NO3/c8-7(9)1-5(6(12)13)2-10(3-7)4-11/h4-5H,1-3H2,(H,12,13). The lowest BCUT2D eigenvalue weighted by Gasteiger charge is -2.33. The lowest BCUT2D eigenvalue weighted by Crippen LogP contribution is -2.48. The summed E-state index contributed by atoms with van der Waals surface area (Å²) in [5.41, 5.74) is 0. The first-order valence-electron chi connectivity index (χ1n) is 3.74. The summed E-state index contributed by atoms with van der Waals surface area (Å²) in [4.78, 5) is 21.4. The average molecular weight is 193 g/mol. The molecule has 1 fully saturated rings. The predicted molar refractivity (Wildman–Crippen MR) is 38.3 cm³/mol. The molecule has 1 atom stereocenters. The zero-order valence-corrected chi connectivity index (χ0v) is 6.74. The Morgan fingerprint density at radius 2 is 2.23 bits per heavy atom. The molecule has 1 rings (SSSR count). The number of halogens is 2. The van der Waals surface area contributed by atoms with Crippen LogP contribution in [0.25, 0.3) is 0 Å². The number of alkyl halides is 2. The third kappa shape index (κ3) is 2.37. The number of carbonyl (C=O) groups is 2. The third-order valence-electron chi connectivity index (χ3n) is 1.93. The number of nitrogens with zero attached hydrogens (tertiary/aromatic N) is 1. The quantitative estimate of drug-likeness (QED) is 0.636. The molecule has 0 aromatic carbocycles. The van der Waals surface area contributed by atoms with Gasteiger partial charge in [0, 0.05) is 13.0 Å². The number of amides is 1. The monoisotopic (exact) mass is 193 g/mol. The fourth-order valence-corrected chi connectivity index (χ4v) is 1.38. The highest BCUT2D eigenvalue weighted by molar-refractivity contribution is 5.71. The van der Waals surface area contributed by atoms with Crippen molar-refractivity contribution in [3.8, 4) is 0 Å². The molecule has 0 saturated carbocycles. The van der Waals surface area contributed by atoms with Crippen molar-refractivity contribution in [2.45, 2.75) is 12.3 Å². The number of aliphatic carboxylic acids is 1. The normalized spacial score (nSPS) is 26.9. The molecule has 1 heterocycles. The van der Waals surface area contributed by atoms with Gasteiger partial charge in [-0.1, -0.05) is 0 Å². The maximum atomic E-state index is 12.8. The highest BCUT2D eigenvalue weighted by Gasteiger charge is 2.42. The third-order valence-corrected chi connectivity index (χ3v) is 1.93. The van der Waals surface area contributed by atoms with E-state index in [2.05, 4.69) is 0 Å². The smallest absolute Gasteiger partial charge is 0.308 e. The predicted octanol–water partition coefficient (Wildman–Crippen LogP) is 0.185. The zero-order valence-electron chi connectivity index (χ0n) is 6.74. The van der Waals surface area contributed by atoms with Crippen LogP contribution in [0.3, 0.4) is 0 Å². The molecule has 1 N–H and O–H groups in total. The Balaban J connectivity index is 2.70. The number of likely N-dealkylation sites (tertiary alicyclic amines) is 1. The molecule has 1 aliphatic rings. The van der Waals surface area contributed by atoms with E-state index in [-0.39, 0.29) is 13.0 Å². The second-order valence-corrected chi connectivity index (χ2v) is 3.13. The summed E-state index contributed by atoms with van der Waals surface area (Å²) in [5, 5.41) is 8.51. The van der Waals surface area contributed by atoms with Crippen molar-refractivity contribution in [2.75, 3.05) is 13.1 Å². The molecule has 1 unspecified atom stereocenters. The number of piperidine rings is 1. The maximum absolute atomic E-state index is 12.8. The fourth-order valence-electron chi connectivity index (χ4n) is 1.38. The van der Waals surface area contributed by atoms with Crippen LogP contribution in [-0.4, -0.2) is 41.4 Å². The maximum Gasteiger partial charge on any atom is 0.308 e. The first kappa shape index (κ1) is 9.88. The second kappa shape index (κ2) is 3.27. The van der Waals surface area contributed by atoms with Gasteiger partial charge in [-0.2, -0.15) is 0 Å². The van der Waals surface area contributed by atoms with Crippen LogP contribution in [0.4, 0.5) is 8.78 Å². The van der Waals surface area contributed by atoms with E-state index in [9.17, 15) is 18.4 Å². The first-order chi connectivity index (χ1) is 5.94. The van der Waals surface area contributed by atoms with E-state index in [0.717, 1.165) is 4.90 Å². The molecule has 0 spiro atoms. The van der Waals surface area contributed by atoms with E-state index in [1.807, 2.05) is 0 Å². The fraction of sp³-hybridized carbons (Fsp3) is 0.714. The number of carboxylic acids is 1. The average Bonchev–Trinajstić information content (AvgIpc) is 2.01. The van der Waals surface area contributed by atoms with Crippen LogP contribution < -0.4 is 0 Å². The van der Waals surface area contributed by atoms with Crippen LogP contribution in [0.1, 0.15) is 6.42 Å². The van der Waals surface area contributed by atoms with Gasteiger partial charge in [0.1, 0.15) is 0 Å². The Morgan fingerprint density at radius 1 is 1.62 bits per heavy atom. The first-order valence-corrected chi connectivity index (χ1v) is 3.74. The van der Waals surface area contributed by atoms with Gasteiger partial charge in [-0.15, -0.1) is 0 Å². The van der Waals surface area contributed by atoms with Gasteiger partial charge in [0.2, 0.25) is 6.41 Å². The number of carboxylic acid groups (broad SMARTS) is 1. The van der Waals surface area contributed by atoms with Crippen LogP contribution >= 0.6 is 0 Å². The molecule has 0 aromatic heterocycles. The molecular formula is C7H9F2NO3. The molecular weight excluding hydrogens is 184 g/mol. The van der Waals surface area contributed by atoms with Gasteiger partial charge in [-0.05, 0) is 0 Å². The lowest BCUT2D eigenvalue weighted by atomic mass is 9.96. The highest BCUT2D eigenvalue weighted by Crippen LogP contribution is 2.29. The molecule has 0 bridgehead atoms. The van der Waals surface area contributed by atoms with Crippen LogP contribution in [0.2, 0.25) is 0 Å². The van der Waals surface area contributed by atoms with Crippen molar-refractivity contribution in [3.05, 3.63) is 0 Å². The summed E-state index contributed by atoms with van der Waals surface area (Å²) in [7, 11) is 0. The summed E-state index contributed by atoms with van der Waals surface area (Å²) < 4.78 is 25.6. The molecule has 6 heteroatoms. The summed E-state index contributed by atoms with van der Waals surface area (Å²) >= 11 is 0. The summed E-state index contributed by atoms with van der Waals surface area (Å²) in [6, 6.07) is 0. The van der Waals surface area contributed by atoms with E-state index in [1.165, 1.54) is 0 Å². The van der Waals surface area contributed by atoms with Crippen molar-refractivity contribution in [2.24, 2.45) is 5.92 Å². The van der Waals surface area contributed by atoms with E-state index in [4.69, 9.17) is 5.11 Å². The summed E-state index contributed by atoms with van der Waals surface area (Å²) in [6.45, 7) is -0.811. The largest absolute Gasteiger partial charge is 0.481 e. The molecule has 0 aromatic rings. The molecule has 1 amide bonds. The van der Waals surface area contributed by atoms with Crippen molar-refractivity contribution in [1.29, 1.82) is 0 Å². The number of hydrogen-bond donors (Lipinski definition) is 1. The van der Waals surface area contributed by atoms with Gasteiger partial charge in [-0.3, -0.25) is 9.59 Å². The van der Waals surface area contributed by atoms with Gasteiger partial charge in [-0.25, -0.2) is 8.78 Å². The van der Waals surface area contributed by atoms with Crippen LogP contribution in [0, 0.1) is 5.92 Å². The minimum Gasteiger partial charge on any atom is -0.481 e. The van der Waals surface area contributed by atoms with Gasteiger partial charge < -0.3 is 10.0 Å². The summed E-state index contributed by atoms with van der Waals surface area (Å²) in [5.74, 6) is -5.53. The van der Waals surface area contributed by atoms with Crippen LogP contribution in [-0.2, 0) is 9.59 Å². The van der Waals surface area contributed by atoms with E-state index in [0.29, 0.717) is 0 Å². The molecule has 0 radical (unpaired) electrons. The molecule has 13 heavy (non-hydrogen) atoms. The molecule has 4 nitrogen and oxygen atoms in total. The SMILES string of the molecule is O=CN1CC(C(=O)O)CC(F)(F)C1. The Hall–Kier alpha value is -1.20. The molecule has 1 aliphatic heterocycles. The molecule has 0 aliphatic carbocycles. The van der Waals surface area contributed by atoms with Gasteiger partial charge in [0.15, 0.2) is 0 Å². The van der Waals surface area contributed by atoms with Crippen molar-refractivity contribution in [1.82, 2.24) is 4.90 Å². The molecule has 1 saturated heterocycles. The van der Waals surface area contributed by atoms with E-state index < -0.39 is 30.8 Å². The molecule has 74 valence electrons. The van der Waals surface area contributed by atoms with Crippen molar-refractivity contribution >= 4 is 12.4 Å². The minimum atomic E-state index is -3.08. The van der Waals surface area contributed by atoms with E-state index in [1.54, 1.807) is 0 Å². The zero-order chi connectivity index (χ0) is 10.1. The lowest BCUT2D eigenvalue weighted by molar-refractivity contribution is -0.155. The summed E-state index contributed by atoms with van der Waals surface area (Å²) in [6.07, 6.45) is -0.435. The Kier molecular flexibility index (Phi) is 2.49. The van der Waals surface area contributed by atoms with Crippen molar-refractivity contribution in [3.63, 3.8) is 0 Å². The number of rotatable bonds is 2. The van der Waals surface area contributed by atoms with E-state index >= 15 is 0 Å². The van der Waals surface area contributed by atoms with Crippen LogP contribution in [0.5, 0.6) is 0 Å². The Labute approximate surface area is 73.1 Å². The topological polar surface area (TPSA) is 57.6 Å². The second-order valence-electron chi connectivity index (χ2n) is 3.13. The number of hydrogen-bond acceptors (Lipinski definition) is 2. The van der Waals surface area contributed by atoms with Crippen LogP contribution in [0.15, 0.2) is 0 Å². The minimum absolute atomic E-state index is 0.131. The van der Waals surface area contributed by atoms with Crippen molar-refractivity contribution < 1.29 is 23.5 Å². The van der Waals surface area contributed by atoms with Gasteiger partial charge >= 0.3 is 5.97 Å². The highest BCUT2D eigenvalue weighted by atomic mass is 19.3. The Morgan fingerprint density at radius 3 is 2.69 bits per heavy atom. The van der Waals surface area contributed by atoms with Gasteiger partial charge in [0.25, 0.3) is 5.92 Å². The van der Waals surface area contributed by atoms with Gasteiger partial charge in [0.05, 0.1) is 12.5 Å². The Bertz CT molecular complexity index is 232. The number of carbonyl (C=O) groups excluding carboxylic acids is 1.